The van der Waals surface area contributed by atoms with Gasteiger partial charge in [-0.2, -0.15) is 0 Å². The molecular formula is C30H35ClN4. The third-order valence-electron chi connectivity index (χ3n) is 6.86. The number of hydrogen-bond donors (Lipinski definition) is 2. The molecule has 0 radical (unpaired) electrons. The SMILES string of the molecule is CCC(NCC1=CCC=C(C2C=C(C)N=CC2)C=C1)C1C=NC(c2cccc(Cl)c2)=CC1/C=C\N. The predicted molar refractivity (Wildman–Crippen MR) is 151 cm³/mol. The van der Waals surface area contributed by atoms with Crippen LogP contribution in [0.4, 0.5) is 0 Å². The lowest BCUT2D eigenvalue weighted by molar-refractivity contribution is 0.395. The van der Waals surface area contributed by atoms with Gasteiger partial charge in [-0.25, -0.2) is 0 Å². The summed E-state index contributed by atoms with van der Waals surface area (Å²) in [6.07, 6.45) is 24.4. The Bertz CT molecular complexity index is 1150. The maximum Gasteiger partial charge on any atom is 0.0665 e. The summed E-state index contributed by atoms with van der Waals surface area (Å²) in [7, 11) is 0. The number of hydrogen-bond acceptors (Lipinski definition) is 4. The molecule has 3 aliphatic rings. The van der Waals surface area contributed by atoms with E-state index in [1.165, 1.54) is 11.1 Å². The van der Waals surface area contributed by atoms with Crippen LogP contribution in [0.1, 0.15) is 38.7 Å². The van der Waals surface area contributed by atoms with E-state index in [1.807, 2.05) is 30.5 Å². The first-order valence-electron chi connectivity index (χ1n) is 12.5. The van der Waals surface area contributed by atoms with Crippen molar-refractivity contribution >= 4 is 29.7 Å². The van der Waals surface area contributed by atoms with E-state index in [9.17, 15) is 0 Å². The summed E-state index contributed by atoms with van der Waals surface area (Å²) in [5.41, 5.74) is 11.6. The molecule has 0 saturated carbocycles. The van der Waals surface area contributed by atoms with Gasteiger partial charge in [0.25, 0.3) is 0 Å². The van der Waals surface area contributed by atoms with Gasteiger partial charge in [0.1, 0.15) is 0 Å². The second kappa shape index (κ2) is 12.1. The average Bonchev–Trinajstić information content (AvgIpc) is 3.11. The van der Waals surface area contributed by atoms with Crippen molar-refractivity contribution in [2.75, 3.05) is 6.54 Å². The normalized spacial score (nSPS) is 25.1. The molecule has 0 saturated heterocycles. The Morgan fingerprint density at radius 2 is 2.09 bits per heavy atom. The van der Waals surface area contributed by atoms with Gasteiger partial charge in [0.05, 0.1) is 5.70 Å². The Balaban J connectivity index is 1.41. The van der Waals surface area contributed by atoms with Gasteiger partial charge in [-0.15, -0.1) is 0 Å². The van der Waals surface area contributed by atoms with Gasteiger partial charge in [0.15, 0.2) is 0 Å². The van der Waals surface area contributed by atoms with Crippen molar-refractivity contribution in [1.29, 1.82) is 0 Å². The summed E-state index contributed by atoms with van der Waals surface area (Å²) in [4.78, 5) is 9.20. The number of nitrogens with two attached hydrogens (primary N) is 1. The van der Waals surface area contributed by atoms with Crippen LogP contribution in [0.5, 0.6) is 0 Å². The van der Waals surface area contributed by atoms with Crippen molar-refractivity contribution in [2.45, 2.75) is 39.2 Å². The molecule has 2 heterocycles. The van der Waals surface area contributed by atoms with Crippen LogP contribution in [0.2, 0.25) is 5.02 Å². The highest BCUT2D eigenvalue weighted by Gasteiger charge is 2.27. The summed E-state index contributed by atoms with van der Waals surface area (Å²) >= 11 is 6.20. The molecule has 1 aromatic rings. The highest BCUT2D eigenvalue weighted by molar-refractivity contribution is 6.30. The highest BCUT2D eigenvalue weighted by Crippen LogP contribution is 2.31. The number of nitrogens with one attached hydrogen (secondary N) is 1. The number of nitrogens with zero attached hydrogens (tertiary/aromatic N) is 2. The van der Waals surface area contributed by atoms with Gasteiger partial charge in [-0.05, 0) is 55.7 Å². The number of rotatable bonds is 8. The molecule has 4 rings (SSSR count). The van der Waals surface area contributed by atoms with Crippen molar-refractivity contribution < 1.29 is 0 Å². The molecule has 1 aliphatic carbocycles. The number of halogens is 1. The summed E-state index contributed by atoms with van der Waals surface area (Å²) < 4.78 is 0. The molecule has 0 spiro atoms. The summed E-state index contributed by atoms with van der Waals surface area (Å²) in [5.74, 6) is 0.816. The second-order valence-electron chi connectivity index (χ2n) is 9.29. The van der Waals surface area contributed by atoms with Gasteiger partial charge in [-0.1, -0.05) is 73.2 Å². The second-order valence-corrected chi connectivity index (χ2v) is 9.73. The standard InChI is InChI=1S/C30H35ClN4/c1-3-29(28-20-35-30(18-25(28)12-14-32)26-8-5-9-27(31)17-26)34-19-22-6-4-7-23(11-10-22)24-13-15-33-21(2)16-24/h5-12,14-18,20,24-25,28-29,34H,3-4,13,19,32H2,1-2H3/b14-12-. The first-order chi connectivity index (χ1) is 17.1. The largest absolute Gasteiger partial charge is 0.405 e. The fraction of sp³-hybridized carbons (Fsp3) is 0.333. The fourth-order valence-corrected chi connectivity index (χ4v) is 5.13. The summed E-state index contributed by atoms with van der Waals surface area (Å²) in [6, 6.07) is 8.11. The third-order valence-corrected chi connectivity index (χ3v) is 7.09. The van der Waals surface area contributed by atoms with Crippen LogP contribution < -0.4 is 11.1 Å². The van der Waals surface area contributed by atoms with Crippen LogP contribution in [0.15, 0.2) is 99.8 Å². The maximum atomic E-state index is 6.20. The molecule has 0 bridgehead atoms. The van der Waals surface area contributed by atoms with Gasteiger partial charge >= 0.3 is 0 Å². The van der Waals surface area contributed by atoms with Crippen molar-refractivity contribution in [3.8, 4) is 0 Å². The monoisotopic (exact) mass is 486 g/mol. The van der Waals surface area contributed by atoms with Crippen LogP contribution >= 0.6 is 11.6 Å². The average molecular weight is 487 g/mol. The van der Waals surface area contributed by atoms with E-state index >= 15 is 0 Å². The van der Waals surface area contributed by atoms with E-state index in [4.69, 9.17) is 22.3 Å². The lowest BCUT2D eigenvalue weighted by Gasteiger charge is -2.31. The number of allylic oxidation sites excluding steroid dienone is 8. The van der Waals surface area contributed by atoms with Crippen LogP contribution in [0.25, 0.3) is 5.70 Å². The van der Waals surface area contributed by atoms with E-state index in [-0.39, 0.29) is 17.9 Å². The molecule has 182 valence electrons. The summed E-state index contributed by atoms with van der Waals surface area (Å²) in [5, 5.41) is 4.51. The molecule has 2 aliphatic heterocycles. The lowest BCUT2D eigenvalue weighted by Crippen LogP contribution is -2.41. The van der Waals surface area contributed by atoms with Crippen LogP contribution in [0, 0.1) is 17.8 Å². The van der Waals surface area contributed by atoms with E-state index < -0.39 is 0 Å². The minimum absolute atomic E-state index is 0.166. The fourth-order valence-electron chi connectivity index (χ4n) is 4.94. The zero-order chi connectivity index (χ0) is 24.6. The Kier molecular flexibility index (Phi) is 8.73. The Morgan fingerprint density at radius 1 is 1.20 bits per heavy atom. The van der Waals surface area contributed by atoms with Crippen molar-refractivity contribution in [1.82, 2.24) is 5.32 Å². The molecule has 0 fully saturated rings. The Morgan fingerprint density at radius 3 is 2.86 bits per heavy atom. The molecule has 5 heteroatoms. The first kappa shape index (κ1) is 25.2. The highest BCUT2D eigenvalue weighted by atomic mass is 35.5. The molecule has 3 N–H and O–H groups in total. The maximum absolute atomic E-state index is 6.20. The lowest BCUT2D eigenvalue weighted by atomic mass is 9.82. The van der Waals surface area contributed by atoms with Crippen molar-refractivity contribution in [3.05, 3.63) is 100 Å². The zero-order valence-electron chi connectivity index (χ0n) is 20.6. The van der Waals surface area contributed by atoms with E-state index in [2.05, 4.69) is 72.9 Å². The molecule has 1 aromatic carbocycles. The van der Waals surface area contributed by atoms with Crippen LogP contribution in [0.3, 0.4) is 0 Å². The molecule has 4 unspecified atom stereocenters. The quantitative estimate of drug-likeness (QED) is 0.432. The molecular weight excluding hydrogens is 452 g/mol. The molecule has 35 heavy (non-hydrogen) atoms. The smallest absolute Gasteiger partial charge is 0.0665 e. The Hall–Kier alpha value is -2.95. The predicted octanol–water partition coefficient (Wildman–Crippen LogP) is 6.65. The van der Waals surface area contributed by atoms with Crippen LogP contribution in [-0.4, -0.2) is 25.0 Å². The Labute approximate surface area is 214 Å². The topological polar surface area (TPSA) is 62.8 Å². The number of aliphatic imine (C=N–C) groups is 2. The molecule has 4 nitrogen and oxygen atoms in total. The van der Waals surface area contributed by atoms with Gasteiger partial charge in [0.2, 0.25) is 0 Å². The van der Waals surface area contributed by atoms with Crippen molar-refractivity contribution in [2.24, 2.45) is 33.5 Å². The van der Waals surface area contributed by atoms with E-state index in [0.717, 1.165) is 42.8 Å². The minimum atomic E-state index is 0.166. The van der Waals surface area contributed by atoms with Crippen LogP contribution in [-0.2, 0) is 0 Å². The number of benzene rings is 1. The third kappa shape index (κ3) is 6.59. The van der Waals surface area contributed by atoms with Crippen molar-refractivity contribution in [3.63, 3.8) is 0 Å². The van der Waals surface area contributed by atoms with E-state index in [0.29, 0.717) is 10.9 Å². The first-order valence-corrected chi connectivity index (χ1v) is 12.9. The molecule has 0 aromatic heterocycles. The molecule has 0 amide bonds. The van der Waals surface area contributed by atoms with Gasteiger partial charge in [-0.3, -0.25) is 9.98 Å². The van der Waals surface area contributed by atoms with Gasteiger partial charge in [0, 0.05) is 59.1 Å². The zero-order valence-corrected chi connectivity index (χ0v) is 21.3. The van der Waals surface area contributed by atoms with Gasteiger partial charge < -0.3 is 11.1 Å². The minimum Gasteiger partial charge on any atom is -0.405 e. The molecule has 4 atom stereocenters. The van der Waals surface area contributed by atoms with E-state index in [1.54, 1.807) is 6.20 Å². The summed E-state index contributed by atoms with van der Waals surface area (Å²) in [6.45, 7) is 5.11.